The number of hydrogen-bond donors (Lipinski definition) is 1. The summed E-state index contributed by atoms with van der Waals surface area (Å²) >= 11 is 0. The Morgan fingerprint density at radius 3 is 2.67 bits per heavy atom. The third kappa shape index (κ3) is 3.35. The molecule has 0 saturated carbocycles. The van der Waals surface area contributed by atoms with Crippen molar-refractivity contribution >= 4 is 6.03 Å². The molecule has 0 aromatic rings. The quantitative estimate of drug-likeness (QED) is 0.727. The van der Waals surface area contributed by atoms with E-state index in [4.69, 9.17) is 10.5 Å². The topological polar surface area (TPSA) is 58.8 Å². The third-order valence-electron chi connectivity index (χ3n) is 2.83. The van der Waals surface area contributed by atoms with E-state index in [0.717, 1.165) is 6.42 Å². The van der Waals surface area contributed by atoms with Gasteiger partial charge in [0.15, 0.2) is 0 Å². The first-order chi connectivity index (χ1) is 7.16. The maximum Gasteiger partial charge on any atom is 0.320 e. The van der Waals surface area contributed by atoms with Gasteiger partial charge in [-0.15, -0.1) is 0 Å². The highest BCUT2D eigenvalue weighted by atomic mass is 16.5. The molecule has 2 amide bonds. The molecule has 0 radical (unpaired) electrons. The van der Waals surface area contributed by atoms with Crippen molar-refractivity contribution in [1.82, 2.24) is 9.80 Å². The van der Waals surface area contributed by atoms with Gasteiger partial charge in [-0.3, -0.25) is 0 Å². The number of carbonyl (C=O) groups excluding carboxylic acids is 1. The van der Waals surface area contributed by atoms with Crippen LogP contribution in [0.2, 0.25) is 0 Å². The lowest BCUT2D eigenvalue weighted by atomic mass is 10.2. The average molecular weight is 215 g/mol. The van der Waals surface area contributed by atoms with Gasteiger partial charge < -0.3 is 20.3 Å². The van der Waals surface area contributed by atoms with Crippen LogP contribution in [0, 0.1) is 0 Å². The Hall–Kier alpha value is -0.810. The molecule has 15 heavy (non-hydrogen) atoms. The number of nitrogens with two attached hydrogens (primary N) is 1. The summed E-state index contributed by atoms with van der Waals surface area (Å²) in [7, 11) is 1.83. The number of morpholine rings is 1. The van der Waals surface area contributed by atoms with E-state index in [2.05, 4.69) is 0 Å². The first kappa shape index (κ1) is 12.3. The molecule has 1 aliphatic heterocycles. The van der Waals surface area contributed by atoms with E-state index in [0.29, 0.717) is 32.8 Å². The molecule has 1 saturated heterocycles. The van der Waals surface area contributed by atoms with Crippen LogP contribution in [0.15, 0.2) is 0 Å². The molecule has 2 N–H and O–H groups in total. The Morgan fingerprint density at radius 2 is 2.13 bits per heavy atom. The monoisotopic (exact) mass is 215 g/mol. The van der Waals surface area contributed by atoms with Crippen LogP contribution in [0.3, 0.4) is 0 Å². The van der Waals surface area contributed by atoms with Crippen molar-refractivity contribution in [2.24, 2.45) is 5.73 Å². The van der Waals surface area contributed by atoms with Gasteiger partial charge in [-0.05, 0) is 19.9 Å². The standard InChI is InChI=1S/C10H21N3O2/c1-9(3-4-11)12(2)10(14)13-5-7-15-8-6-13/h9H,3-8,11H2,1-2H3. The first-order valence-corrected chi connectivity index (χ1v) is 5.46. The van der Waals surface area contributed by atoms with Gasteiger partial charge in [0.2, 0.25) is 0 Å². The molecule has 1 unspecified atom stereocenters. The van der Waals surface area contributed by atoms with Crippen LogP contribution in [0.25, 0.3) is 0 Å². The second-order valence-corrected chi connectivity index (χ2v) is 3.92. The number of amides is 2. The summed E-state index contributed by atoms with van der Waals surface area (Å²) in [5.74, 6) is 0. The van der Waals surface area contributed by atoms with Crippen molar-refractivity contribution < 1.29 is 9.53 Å². The summed E-state index contributed by atoms with van der Waals surface area (Å²) < 4.78 is 5.21. The van der Waals surface area contributed by atoms with Gasteiger partial charge in [0, 0.05) is 26.2 Å². The number of ether oxygens (including phenoxy) is 1. The third-order valence-corrected chi connectivity index (χ3v) is 2.83. The van der Waals surface area contributed by atoms with Gasteiger partial charge in [0.1, 0.15) is 0 Å². The van der Waals surface area contributed by atoms with Crippen molar-refractivity contribution in [3.8, 4) is 0 Å². The lowest BCUT2D eigenvalue weighted by molar-refractivity contribution is 0.0424. The van der Waals surface area contributed by atoms with Crippen molar-refractivity contribution in [1.29, 1.82) is 0 Å². The number of nitrogens with zero attached hydrogens (tertiary/aromatic N) is 2. The smallest absolute Gasteiger partial charge is 0.320 e. The van der Waals surface area contributed by atoms with E-state index >= 15 is 0 Å². The SMILES string of the molecule is CC(CCN)N(C)C(=O)N1CCOCC1. The van der Waals surface area contributed by atoms with E-state index in [9.17, 15) is 4.79 Å². The van der Waals surface area contributed by atoms with Gasteiger partial charge in [0.05, 0.1) is 13.2 Å². The molecule has 5 heteroatoms. The molecule has 1 fully saturated rings. The molecule has 0 spiro atoms. The molecule has 5 nitrogen and oxygen atoms in total. The van der Waals surface area contributed by atoms with Crippen LogP contribution in [0.1, 0.15) is 13.3 Å². The lowest BCUT2D eigenvalue weighted by Gasteiger charge is -2.33. The largest absolute Gasteiger partial charge is 0.378 e. The highest BCUT2D eigenvalue weighted by Gasteiger charge is 2.22. The minimum atomic E-state index is 0.0826. The predicted octanol–water partition coefficient (Wildman–Crippen LogP) is 0.108. The number of urea groups is 1. The van der Waals surface area contributed by atoms with Crippen LogP contribution in [-0.2, 0) is 4.74 Å². The molecule has 88 valence electrons. The highest BCUT2D eigenvalue weighted by molar-refractivity contribution is 5.74. The maximum absolute atomic E-state index is 12.0. The molecule has 0 aliphatic carbocycles. The van der Waals surface area contributed by atoms with Crippen molar-refractivity contribution in [2.75, 3.05) is 39.9 Å². The molecule has 0 bridgehead atoms. The normalized spacial score (nSPS) is 18.7. The minimum Gasteiger partial charge on any atom is -0.378 e. The Kier molecular flexibility index (Phi) is 4.84. The second-order valence-electron chi connectivity index (χ2n) is 3.92. The molecular weight excluding hydrogens is 194 g/mol. The van der Waals surface area contributed by atoms with Crippen molar-refractivity contribution in [2.45, 2.75) is 19.4 Å². The molecule has 1 heterocycles. The van der Waals surface area contributed by atoms with Crippen LogP contribution >= 0.6 is 0 Å². The van der Waals surface area contributed by atoms with Crippen LogP contribution in [0.4, 0.5) is 4.79 Å². The van der Waals surface area contributed by atoms with Crippen molar-refractivity contribution in [3.63, 3.8) is 0 Å². The molecule has 1 atom stereocenters. The summed E-state index contributed by atoms with van der Waals surface area (Å²) in [5.41, 5.74) is 5.47. The Morgan fingerprint density at radius 1 is 1.53 bits per heavy atom. The summed E-state index contributed by atoms with van der Waals surface area (Å²) in [6.07, 6.45) is 0.840. The van der Waals surface area contributed by atoms with Gasteiger partial charge >= 0.3 is 6.03 Å². The fourth-order valence-electron chi connectivity index (χ4n) is 1.60. The summed E-state index contributed by atoms with van der Waals surface area (Å²) in [5, 5.41) is 0. The molecule has 0 aromatic carbocycles. The van der Waals surface area contributed by atoms with Gasteiger partial charge in [-0.1, -0.05) is 0 Å². The van der Waals surface area contributed by atoms with Crippen LogP contribution < -0.4 is 5.73 Å². The van der Waals surface area contributed by atoms with E-state index in [1.54, 1.807) is 4.90 Å². The molecular formula is C10H21N3O2. The average Bonchev–Trinajstić information content (AvgIpc) is 2.28. The molecule has 0 aromatic heterocycles. The zero-order valence-electron chi connectivity index (χ0n) is 9.61. The zero-order valence-corrected chi connectivity index (χ0v) is 9.61. The Bertz CT molecular complexity index is 205. The number of hydrogen-bond acceptors (Lipinski definition) is 3. The lowest BCUT2D eigenvalue weighted by Crippen LogP contribution is -2.49. The van der Waals surface area contributed by atoms with E-state index < -0.39 is 0 Å². The van der Waals surface area contributed by atoms with E-state index in [1.807, 2.05) is 18.9 Å². The summed E-state index contributed by atoms with van der Waals surface area (Å²) in [4.78, 5) is 15.6. The van der Waals surface area contributed by atoms with E-state index in [-0.39, 0.29) is 12.1 Å². The second kappa shape index (κ2) is 5.92. The predicted molar refractivity (Wildman–Crippen MR) is 58.7 cm³/mol. The molecule has 1 aliphatic rings. The number of rotatable bonds is 3. The maximum atomic E-state index is 12.0. The fourth-order valence-corrected chi connectivity index (χ4v) is 1.60. The Labute approximate surface area is 91.2 Å². The van der Waals surface area contributed by atoms with Crippen molar-refractivity contribution in [3.05, 3.63) is 0 Å². The van der Waals surface area contributed by atoms with Crippen LogP contribution in [0.5, 0.6) is 0 Å². The Balaban J connectivity index is 2.43. The summed E-state index contributed by atoms with van der Waals surface area (Å²) in [6, 6.07) is 0.282. The highest BCUT2D eigenvalue weighted by Crippen LogP contribution is 2.06. The minimum absolute atomic E-state index is 0.0826. The molecule has 1 rings (SSSR count). The van der Waals surface area contributed by atoms with E-state index in [1.165, 1.54) is 0 Å². The fraction of sp³-hybridized carbons (Fsp3) is 0.900. The van der Waals surface area contributed by atoms with Gasteiger partial charge in [-0.25, -0.2) is 4.79 Å². The zero-order chi connectivity index (χ0) is 11.3. The summed E-state index contributed by atoms with van der Waals surface area (Å²) in [6.45, 7) is 5.31. The van der Waals surface area contributed by atoms with Crippen LogP contribution in [-0.4, -0.2) is 61.8 Å². The number of carbonyl (C=O) groups is 1. The first-order valence-electron chi connectivity index (χ1n) is 5.46. The van der Waals surface area contributed by atoms with Gasteiger partial charge in [0.25, 0.3) is 0 Å². The van der Waals surface area contributed by atoms with Gasteiger partial charge in [-0.2, -0.15) is 0 Å².